The van der Waals surface area contributed by atoms with Crippen LogP contribution in [0.2, 0.25) is 0 Å². The van der Waals surface area contributed by atoms with E-state index in [1.165, 1.54) is 12.1 Å². The molecule has 7 heteroatoms. The molecule has 1 aliphatic rings. The molecule has 0 spiro atoms. The third-order valence-corrected chi connectivity index (χ3v) is 6.39. The van der Waals surface area contributed by atoms with Gasteiger partial charge in [0.25, 0.3) is 0 Å². The van der Waals surface area contributed by atoms with Crippen molar-refractivity contribution in [2.24, 2.45) is 0 Å². The maximum Gasteiger partial charge on any atom is 0.240 e. The quantitative estimate of drug-likeness (QED) is 0.622. The van der Waals surface area contributed by atoms with E-state index in [-0.39, 0.29) is 10.8 Å². The van der Waals surface area contributed by atoms with E-state index in [9.17, 15) is 13.2 Å². The minimum Gasteiger partial charge on any atom is -0.457 e. The van der Waals surface area contributed by atoms with Crippen LogP contribution in [0.15, 0.2) is 77.7 Å². The second kappa shape index (κ2) is 8.30. The van der Waals surface area contributed by atoms with Gasteiger partial charge in [-0.1, -0.05) is 43.3 Å². The van der Waals surface area contributed by atoms with E-state index in [2.05, 4.69) is 10.0 Å². The molecule has 3 aromatic carbocycles. The van der Waals surface area contributed by atoms with Crippen LogP contribution in [-0.2, 0) is 14.8 Å². The zero-order valence-corrected chi connectivity index (χ0v) is 17.3. The third kappa shape index (κ3) is 3.94. The van der Waals surface area contributed by atoms with Crippen LogP contribution in [0.5, 0.6) is 11.5 Å². The number of hydrogen-bond acceptors (Lipinski definition) is 4. The van der Waals surface area contributed by atoms with Crippen LogP contribution in [0.4, 0.5) is 5.69 Å². The number of ether oxygens (including phenoxy) is 1. The summed E-state index contributed by atoms with van der Waals surface area (Å²) in [4.78, 5) is 13.4. The molecule has 0 saturated carbocycles. The zero-order chi connectivity index (χ0) is 21.1. The first-order valence-electron chi connectivity index (χ1n) is 9.76. The van der Waals surface area contributed by atoms with Crippen molar-refractivity contribution in [2.45, 2.75) is 24.2 Å². The molecule has 1 amide bonds. The van der Waals surface area contributed by atoms with Crippen molar-refractivity contribution in [2.75, 3.05) is 11.9 Å². The summed E-state index contributed by atoms with van der Waals surface area (Å²) in [5, 5.41) is 2.91. The number of amides is 1. The van der Waals surface area contributed by atoms with Gasteiger partial charge in [0.05, 0.1) is 10.8 Å². The SMILES string of the molecule is CCCNS(=O)(=O)c1ccc(NC(=O)C2c3ccccc3Oc3ccccc32)cc1. The molecule has 3 aromatic rings. The fraction of sp³-hybridized carbons (Fsp3) is 0.174. The maximum absolute atomic E-state index is 13.2. The smallest absolute Gasteiger partial charge is 0.240 e. The van der Waals surface area contributed by atoms with Crippen molar-refractivity contribution in [1.82, 2.24) is 4.72 Å². The number of anilines is 1. The van der Waals surface area contributed by atoms with Gasteiger partial charge in [-0.15, -0.1) is 0 Å². The van der Waals surface area contributed by atoms with Gasteiger partial charge in [0, 0.05) is 23.4 Å². The second-order valence-corrected chi connectivity index (χ2v) is 8.79. The summed E-state index contributed by atoms with van der Waals surface area (Å²) in [6.45, 7) is 2.27. The predicted molar refractivity (Wildman–Crippen MR) is 115 cm³/mol. The Kier molecular flexibility index (Phi) is 5.57. The summed E-state index contributed by atoms with van der Waals surface area (Å²) in [5.41, 5.74) is 2.10. The van der Waals surface area contributed by atoms with E-state index < -0.39 is 15.9 Å². The summed E-state index contributed by atoms with van der Waals surface area (Å²) < 4.78 is 32.9. The summed E-state index contributed by atoms with van der Waals surface area (Å²) in [6.07, 6.45) is 0.710. The average molecular weight is 423 g/mol. The normalized spacial score (nSPS) is 13.1. The van der Waals surface area contributed by atoms with E-state index >= 15 is 0 Å². The van der Waals surface area contributed by atoms with Gasteiger partial charge < -0.3 is 10.1 Å². The molecule has 0 bridgehead atoms. The number of rotatable bonds is 6. The van der Waals surface area contributed by atoms with Crippen LogP contribution < -0.4 is 14.8 Å². The molecule has 0 aromatic heterocycles. The lowest BCUT2D eigenvalue weighted by Gasteiger charge is -2.27. The van der Waals surface area contributed by atoms with E-state index in [0.29, 0.717) is 30.2 Å². The van der Waals surface area contributed by atoms with Gasteiger partial charge in [-0.05, 0) is 42.8 Å². The zero-order valence-electron chi connectivity index (χ0n) is 16.5. The Morgan fingerprint density at radius 3 is 2.03 bits per heavy atom. The Labute approximate surface area is 176 Å². The number of carbonyl (C=O) groups is 1. The van der Waals surface area contributed by atoms with Gasteiger partial charge >= 0.3 is 0 Å². The number of nitrogens with one attached hydrogen (secondary N) is 2. The lowest BCUT2D eigenvalue weighted by atomic mass is 9.87. The average Bonchev–Trinajstić information content (AvgIpc) is 2.76. The van der Waals surface area contributed by atoms with Crippen LogP contribution >= 0.6 is 0 Å². The topological polar surface area (TPSA) is 84.5 Å². The first-order chi connectivity index (χ1) is 14.5. The number of fused-ring (bicyclic) bond motifs is 2. The Morgan fingerprint density at radius 2 is 1.47 bits per heavy atom. The van der Waals surface area contributed by atoms with Crippen molar-refractivity contribution in [3.63, 3.8) is 0 Å². The lowest BCUT2D eigenvalue weighted by Crippen LogP contribution is -2.25. The molecule has 0 fully saturated rings. The lowest BCUT2D eigenvalue weighted by molar-refractivity contribution is -0.116. The van der Waals surface area contributed by atoms with Crippen molar-refractivity contribution < 1.29 is 17.9 Å². The first kappa shape index (κ1) is 20.1. The summed E-state index contributed by atoms with van der Waals surface area (Å²) >= 11 is 0. The molecule has 0 aliphatic carbocycles. The Balaban J connectivity index is 1.59. The van der Waals surface area contributed by atoms with Crippen molar-refractivity contribution >= 4 is 21.6 Å². The van der Waals surface area contributed by atoms with E-state index in [1.54, 1.807) is 12.1 Å². The molecule has 1 aliphatic heterocycles. The van der Waals surface area contributed by atoms with Gasteiger partial charge in [-0.25, -0.2) is 13.1 Å². The van der Waals surface area contributed by atoms with E-state index in [1.807, 2.05) is 55.5 Å². The minimum atomic E-state index is -3.55. The molecule has 0 unspecified atom stereocenters. The maximum atomic E-state index is 13.2. The minimum absolute atomic E-state index is 0.163. The molecule has 30 heavy (non-hydrogen) atoms. The highest BCUT2D eigenvalue weighted by Crippen LogP contribution is 2.44. The van der Waals surface area contributed by atoms with Gasteiger partial charge in [0.15, 0.2) is 0 Å². The van der Waals surface area contributed by atoms with Crippen molar-refractivity contribution in [3.8, 4) is 11.5 Å². The number of carbonyl (C=O) groups excluding carboxylic acids is 1. The first-order valence-corrected chi connectivity index (χ1v) is 11.2. The molecule has 0 saturated heterocycles. The highest BCUT2D eigenvalue weighted by molar-refractivity contribution is 7.89. The van der Waals surface area contributed by atoms with Crippen LogP contribution in [0.3, 0.4) is 0 Å². The van der Waals surface area contributed by atoms with Crippen LogP contribution in [0.25, 0.3) is 0 Å². The highest BCUT2D eigenvalue weighted by atomic mass is 32.2. The predicted octanol–water partition coefficient (Wildman–Crippen LogP) is 4.25. The molecule has 0 atom stereocenters. The number of sulfonamides is 1. The van der Waals surface area contributed by atoms with Crippen molar-refractivity contribution in [3.05, 3.63) is 83.9 Å². The Hall–Kier alpha value is -3.16. The van der Waals surface area contributed by atoms with Gasteiger partial charge in [0.1, 0.15) is 11.5 Å². The molecule has 0 radical (unpaired) electrons. The van der Waals surface area contributed by atoms with Crippen LogP contribution in [0, 0.1) is 0 Å². The molecule has 154 valence electrons. The Morgan fingerprint density at radius 1 is 0.900 bits per heavy atom. The number of para-hydroxylation sites is 2. The summed E-state index contributed by atoms with van der Waals surface area (Å²) in [7, 11) is -3.55. The van der Waals surface area contributed by atoms with Gasteiger partial charge in [-0.2, -0.15) is 0 Å². The molecule has 2 N–H and O–H groups in total. The molecule has 1 heterocycles. The molecule has 4 rings (SSSR count). The molecular weight excluding hydrogens is 400 g/mol. The summed E-state index contributed by atoms with van der Waals surface area (Å²) in [6, 6.07) is 21.1. The van der Waals surface area contributed by atoms with Gasteiger partial charge in [0.2, 0.25) is 15.9 Å². The Bertz CT molecular complexity index is 1130. The fourth-order valence-electron chi connectivity index (χ4n) is 3.44. The molecule has 6 nitrogen and oxygen atoms in total. The third-order valence-electron chi connectivity index (χ3n) is 4.92. The van der Waals surface area contributed by atoms with E-state index in [0.717, 1.165) is 11.1 Å². The van der Waals surface area contributed by atoms with Crippen LogP contribution in [-0.4, -0.2) is 20.9 Å². The second-order valence-electron chi connectivity index (χ2n) is 7.02. The highest BCUT2D eigenvalue weighted by Gasteiger charge is 2.32. The number of hydrogen-bond donors (Lipinski definition) is 2. The summed E-state index contributed by atoms with van der Waals surface area (Å²) in [5.74, 6) is 0.568. The fourth-order valence-corrected chi connectivity index (χ4v) is 4.58. The van der Waals surface area contributed by atoms with E-state index in [4.69, 9.17) is 4.74 Å². The largest absolute Gasteiger partial charge is 0.457 e. The van der Waals surface area contributed by atoms with Crippen LogP contribution in [0.1, 0.15) is 30.4 Å². The molecular formula is C23H22N2O4S. The van der Waals surface area contributed by atoms with Crippen molar-refractivity contribution in [1.29, 1.82) is 0 Å². The monoisotopic (exact) mass is 422 g/mol. The standard InChI is InChI=1S/C23H22N2O4S/c1-2-15-24-30(27,28)17-13-11-16(12-14-17)25-23(26)22-18-7-3-5-9-20(18)29-21-10-6-4-8-19(21)22/h3-14,22,24H,2,15H2,1H3,(H,25,26). The number of benzene rings is 3. The van der Waals surface area contributed by atoms with Gasteiger partial charge in [-0.3, -0.25) is 4.79 Å².